The Morgan fingerprint density at radius 3 is 2.53 bits per heavy atom. The van der Waals surface area contributed by atoms with Crippen molar-refractivity contribution in [1.29, 1.82) is 0 Å². The third-order valence-electron chi connectivity index (χ3n) is 4.40. The number of amides is 3. The molecule has 0 saturated carbocycles. The van der Waals surface area contributed by atoms with Crippen molar-refractivity contribution in [1.82, 2.24) is 5.32 Å². The summed E-state index contributed by atoms with van der Waals surface area (Å²) in [5, 5.41) is 6.24. The number of urea groups is 1. The van der Waals surface area contributed by atoms with Gasteiger partial charge in [0.05, 0.1) is 5.56 Å². The number of hydrogen-bond acceptors (Lipinski definition) is 6. The Kier molecular flexibility index (Phi) is 5.47. The molecule has 2 N–H and O–H groups in total. The molecule has 0 fully saturated rings. The van der Waals surface area contributed by atoms with Crippen LogP contribution in [0.1, 0.15) is 10.4 Å². The number of rotatable bonds is 4. The quantitative estimate of drug-likeness (QED) is 0.646. The molecule has 0 saturated heterocycles. The van der Waals surface area contributed by atoms with Crippen LogP contribution < -0.4 is 20.1 Å². The van der Waals surface area contributed by atoms with Crippen LogP contribution in [0.4, 0.5) is 10.5 Å². The number of carbonyl (C=O) groups is 3. The summed E-state index contributed by atoms with van der Waals surface area (Å²) >= 11 is 0. The smallest absolute Gasteiger partial charge is 0.339 e. The van der Waals surface area contributed by atoms with Gasteiger partial charge in [0.15, 0.2) is 18.1 Å². The predicted octanol–water partition coefficient (Wildman–Crippen LogP) is 3.12. The van der Waals surface area contributed by atoms with Gasteiger partial charge in [0.1, 0.15) is 13.2 Å². The molecular formula is C22H18N2O6. The lowest BCUT2D eigenvalue weighted by Gasteiger charge is -2.19. The van der Waals surface area contributed by atoms with Crippen molar-refractivity contribution in [3.8, 4) is 11.5 Å². The van der Waals surface area contributed by atoms with Gasteiger partial charge in [0.25, 0.3) is 5.91 Å². The molecule has 0 aromatic heterocycles. The van der Waals surface area contributed by atoms with E-state index in [-0.39, 0.29) is 0 Å². The van der Waals surface area contributed by atoms with E-state index in [1.165, 1.54) is 0 Å². The number of ether oxygens (including phenoxy) is 3. The number of hydrogen-bond donors (Lipinski definition) is 2. The summed E-state index contributed by atoms with van der Waals surface area (Å²) in [6, 6.07) is 16.7. The van der Waals surface area contributed by atoms with Crippen molar-refractivity contribution < 1.29 is 28.6 Å². The molecule has 152 valence electrons. The van der Waals surface area contributed by atoms with Crippen molar-refractivity contribution in [2.24, 2.45) is 0 Å². The fourth-order valence-electron chi connectivity index (χ4n) is 3.06. The molecule has 30 heavy (non-hydrogen) atoms. The lowest BCUT2D eigenvalue weighted by molar-refractivity contribution is -0.123. The number of anilines is 1. The third-order valence-corrected chi connectivity index (χ3v) is 4.40. The second-order valence-corrected chi connectivity index (χ2v) is 6.46. The van der Waals surface area contributed by atoms with Crippen LogP contribution in [0.2, 0.25) is 0 Å². The molecule has 3 aromatic rings. The van der Waals surface area contributed by atoms with Gasteiger partial charge in [-0.2, -0.15) is 0 Å². The molecule has 1 heterocycles. The van der Waals surface area contributed by atoms with Crippen LogP contribution in [-0.4, -0.2) is 37.7 Å². The van der Waals surface area contributed by atoms with E-state index in [1.54, 1.807) is 36.4 Å². The Bertz CT molecular complexity index is 1120. The number of imide groups is 1. The number of esters is 1. The minimum absolute atomic E-state index is 0.349. The zero-order valence-electron chi connectivity index (χ0n) is 15.8. The zero-order chi connectivity index (χ0) is 20.9. The van der Waals surface area contributed by atoms with Crippen LogP contribution in [0.3, 0.4) is 0 Å². The molecule has 0 spiro atoms. The van der Waals surface area contributed by atoms with E-state index in [0.717, 1.165) is 10.8 Å². The van der Waals surface area contributed by atoms with Gasteiger partial charge in [-0.25, -0.2) is 9.59 Å². The Hall–Kier alpha value is -4.07. The van der Waals surface area contributed by atoms with Crippen molar-refractivity contribution in [2.45, 2.75) is 0 Å². The molecule has 1 aliphatic heterocycles. The molecule has 8 heteroatoms. The second-order valence-electron chi connectivity index (χ2n) is 6.46. The summed E-state index contributed by atoms with van der Waals surface area (Å²) in [5.74, 6) is -0.300. The van der Waals surface area contributed by atoms with Crippen molar-refractivity contribution in [3.05, 3.63) is 66.2 Å². The van der Waals surface area contributed by atoms with Crippen LogP contribution in [0, 0.1) is 0 Å². The van der Waals surface area contributed by atoms with E-state index in [0.29, 0.717) is 36.0 Å². The van der Waals surface area contributed by atoms with Gasteiger partial charge in [-0.15, -0.1) is 0 Å². The second kappa shape index (κ2) is 8.52. The average molecular weight is 406 g/mol. The van der Waals surface area contributed by atoms with Gasteiger partial charge in [0.2, 0.25) is 0 Å². The highest BCUT2D eigenvalue weighted by Gasteiger charge is 2.16. The molecule has 1 aliphatic rings. The monoisotopic (exact) mass is 406 g/mol. The van der Waals surface area contributed by atoms with E-state index < -0.39 is 24.5 Å². The van der Waals surface area contributed by atoms with Crippen molar-refractivity contribution >= 4 is 34.4 Å². The molecule has 8 nitrogen and oxygen atoms in total. The molecule has 3 amide bonds. The summed E-state index contributed by atoms with van der Waals surface area (Å²) < 4.78 is 15.9. The number of benzene rings is 3. The maximum atomic E-state index is 12.3. The molecule has 3 aromatic carbocycles. The van der Waals surface area contributed by atoms with E-state index in [2.05, 4.69) is 10.6 Å². The van der Waals surface area contributed by atoms with Crippen LogP contribution in [0.15, 0.2) is 60.7 Å². The highest BCUT2D eigenvalue weighted by molar-refractivity contribution is 6.06. The molecule has 0 unspecified atom stereocenters. The summed E-state index contributed by atoms with van der Waals surface area (Å²) in [5.41, 5.74) is 0.777. The Labute approximate surface area is 171 Å². The van der Waals surface area contributed by atoms with Crippen LogP contribution in [0.5, 0.6) is 11.5 Å². The topological polar surface area (TPSA) is 103 Å². The molecule has 0 radical (unpaired) electrons. The Balaban J connectivity index is 1.31. The van der Waals surface area contributed by atoms with E-state index in [9.17, 15) is 14.4 Å². The first kappa shape index (κ1) is 19.3. The third kappa shape index (κ3) is 4.33. The van der Waals surface area contributed by atoms with Crippen LogP contribution >= 0.6 is 0 Å². The average Bonchev–Trinajstić information content (AvgIpc) is 2.77. The molecule has 0 aliphatic carbocycles. The van der Waals surface area contributed by atoms with Gasteiger partial charge in [-0.3, -0.25) is 10.1 Å². The largest absolute Gasteiger partial charge is 0.486 e. The maximum Gasteiger partial charge on any atom is 0.339 e. The van der Waals surface area contributed by atoms with E-state index in [1.807, 2.05) is 24.3 Å². The van der Waals surface area contributed by atoms with Gasteiger partial charge < -0.3 is 19.5 Å². The van der Waals surface area contributed by atoms with Gasteiger partial charge >= 0.3 is 12.0 Å². The molecule has 0 bridgehead atoms. The molecule has 0 atom stereocenters. The van der Waals surface area contributed by atoms with Crippen LogP contribution in [0.25, 0.3) is 10.8 Å². The molecular weight excluding hydrogens is 388 g/mol. The number of carbonyl (C=O) groups excluding carboxylic acids is 3. The van der Waals surface area contributed by atoms with Crippen molar-refractivity contribution in [3.63, 3.8) is 0 Å². The predicted molar refractivity (Wildman–Crippen MR) is 109 cm³/mol. The number of nitrogens with one attached hydrogen (secondary N) is 2. The summed E-state index contributed by atoms with van der Waals surface area (Å²) in [6.45, 7) is 0.298. The first-order valence-electron chi connectivity index (χ1n) is 9.25. The minimum Gasteiger partial charge on any atom is -0.486 e. The molecule has 4 rings (SSSR count). The lowest BCUT2D eigenvalue weighted by atomic mass is 10.1. The fourth-order valence-corrected chi connectivity index (χ4v) is 3.06. The summed E-state index contributed by atoms with van der Waals surface area (Å²) in [7, 11) is 0. The Morgan fingerprint density at radius 2 is 1.67 bits per heavy atom. The van der Waals surface area contributed by atoms with E-state index in [4.69, 9.17) is 14.2 Å². The standard InChI is InChI=1S/C22H18N2O6/c25-20(13-30-21(26)17-7-3-5-14-4-1-2-6-16(14)17)24-22(27)23-15-8-9-18-19(12-15)29-11-10-28-18/h1-9,12H,10-11,13H2,(H2,23,24,25,27). The SMILES string of the molecule is O=C(COC(=O)c1cccc2ccccc12)NC(=O)Nc1ccc2c(c1)OCCO2. The lowest BCUT2D eigenvalue weighted by Crippen LogP contribution is -2.37. The van der Waals surface area contributed by atoms with Gasteiger partial charge in [0, 0.05) is 11.8 Å². The van der Waals surface area contributed by atoms with Gasteiger partial charge in [-0.05, 0) is 29.0 Å². The number of fused-ring (bicyclic) bond motifs is 2. The normalized spacial score (nSPS) is 12.1. The summed E-state index contributed by atoms with van der Waals surface area (Å²) in [6.07, 6.45) is 0. The minimum atomic E-state index is -0.752. The first-order chi connectivity index (χ1) is 14.6. The summed E-state index contributed by atoms with van der Waals surface area (Å²) in [4.78, 5) is 36.4. The van der Waals surface area contributed by atoms with Crippen LogP contribution in [-0.2, 0) is 9.53 Å². The first-order valence-corrected chi connectivity index (χ1v) is 9.25. The van der Waals surface area contributed by atoms with Gasteiger partial charge in [-0.1, -0.05) is 36.4 Å². The van der Waals surface area contributed by atoms with Crippen molar-refractivity contribution in [2.75, 3.05) is 25.1 Å². The fraction of sp³-hybridized carbons (Fsp3) is 0.136. The highest BCUT2D eigenvalue weighted by atomic mass is 16.6. The maximum absolute atomic E-state index is 12.3. The Morgan fingerprint density at radius 1 is 0.900 bits per heavy atom. The van der Waals surface area contributed by atoms with E-state index >= 15 is 0 Å². The highest BCUT2D eigenvalue weighted by Crippen LogP contribution is 2.32. The zero-order valence-corrected chi connectivity index (χ0v) is 15.8.